The van der Waals surface area contributed by atoms with Crippen LogP contribution in [0.5, 0.6) is 0 Å². The third-order valence-electron chi connectivity index (χ3n) is 3.10. The molecule has 120 valence electrons. The van der Waals surface area contributed by atoms with E-state index in [1.165, 1.54) is 23.0 Å². The number of thioether (sulfide) groups is 1. The molecule has 0 saturated carbocycles. The molecule has 0 fully saturated rings. The molecule has 9 nitrogen and oxygen atoms in total. The number of nitrogens with one attached hydrogen (secondary N) is 1. The molecule has 3 heterocycles. The van der Waals surface area contributed by atoms with E-state index in [9.17, 15) is 4.79 Å². The van der Waals surface area contributed by atoms with Gasteiger partial charge in [0, 0.05) is 7.05 Å². The smallest absolute Gasteiger partial charge is 0.289 e. The normalized spacial score (nSPS) is 10.9. The molecule has 1 amide bonds. The average Bonchev–Trinajstić information content (AvgIpc) is 3.27. The zero-order valence-electron chi connectivity index (χ0n) is 12.5. The number of rotatable bonds is 6. The van der Waals surface area contributed by atoms with E-state index in [2.05, 4.69) is 30.1 Å². The molecule has 0 aliphatic rings. The number of nitrogens with zero attached hydrogens (tertiary/aromatic N) is 5. The maximum Gasteiger partial charge on any atom is 0.289 e. The van der Waals surface area contributed by atoms with Gasteiger partial charge in [-0.3, -0.25) is 9.89 Å². The largest absolute Gasteiger partial charge is 0.455 e. The molecule has 0 aliphatic heterocycles. The topological polar surface area (TPSA) is 114 Å². The molecular weight excluding hydrogens is 320 g/mol. The summed E-state index contributed by atoms with van der Waals surface area (Å²) in [6, 6.07) is 3.43. The van der Waals surface area contributed by atoms with E-state index in [1.807, 2.05) is 0 Å². The number of H-pyrrole nitrogens is 1. The third-order valence-corrected chi connectivity index (χ3v) is 4.00. The lowest BCUT2D eigenvalue weighted by atomic mass is 10.3. The number of carbonyl (C=O) groups is 1. The molecule has 0 aromatic carbocycles. The number of aromatic nitrogens is 5. The first-order valence-corrected chi connectivity index (χ1v) is 7.72. The van der Waals surface area contributed by atoms with Crippen LogP contribution in [-0.4, -0.2) is 43.3 Å². The highest BCUT2D eigenvalue weighted by molar-refractivity contribution is 7.98. The molecule has 0 aliphatic carbocycles. The summed E-state index contributed by atoms with van der Waals surface area (Å²) in [6.07, 6.45) is 1.44. The lowest BCUT2D eigenvalue weighted by Crippen LogP contribution is -2.26. The lowest BCUT2D eigenvalue weighted by molar-refractivity contribution is 0.0748. The Bertz CT molecular complexity index is 781. The Morgan fingerprint density at radius 2 is 2.26 bits per heavy atom. The van der Waals surface area contributed by atoms with Crippen molar-refractivity contribution in [1.82, 2.24) is 30.4 Å². The van der Waals surface area contributed by atoms with Gasteiger partial charge < -0.3 is 9.32 Å². The second-order valence-corrected chi connectivity index (χ2v) is 5.77. The summed E-state index contributed by atoms with van der Waals surface area (Å²) < 4.78 is 10.2. The number of aromatic amines is 1. The Labute approximate surface area is 135 Å². The number of furan rings is 1. The van der Waals surface area contributed by atoms with E-state index < -0.39 is 0 Å². The highest BCUT2D eigenvalue weighted by Crippen LogP contribution is 2.20. The Kier molecular flexibility index (Phi) is 4.42. The monoisotopic (exact) mass is 334 g/mol. The van der Waals surface area contributed by atoms with Crippen LogP contribution in [0.1, 0.15) is 27.7 Å². The maximum absolute atomic E-state index is 12.3. The van der Waals surface area contributed by atoms with Crippen molar-refractivity contribution in [2.75, 3.05) is 7.05 Å². The molecule has 3 aromatic rings. The zero-order chi connectivity index (χ0) is 16.2. The van der Waals surface area contributed by atoms with Crippen molar-refractivity contribution in [3.63, 3.8) is 0 Å². The summed E-state index contributed by atoms with van der Waals surface area (Å²) in [7, 11) is 1.67. The van der Waals surface area contributed by atoms with E-state index in [0.717, 1.165) is 0 Å². The van der Waals surface area contributed by atoms with Gasteiger partial charge in [-0.1, -0.05) is 22.1 Å². The van der Waals surface area contributed by atoms with Gasteiger partial charge >= 0.3 is 0 Å². The molecule has 3 rings (SSSR count). The van der Waals surface area contributed by atoms with Gasteiger partial charge in [0.05, 0.1) is 12.3 Å². The minimum atomic E-state index is -0.233. The van der Waals surface area contributed by atoms with E-state index in [4.69, 9.17) is 4.42 Å². The quantitative estimate of drug-likeness (QED) is 0.677. The Morgan fingerprint density at radius 1 is 1.39 bits per heavy atom. The number of amides is 1. The van der Waals surface area contributed by atoms with Gasteiger partial charge in [0.15, 0.2) is 10.9 Å². The lowest BCUT2D eigenvalue weighted by Gasteiger charge is -2.13. The SMILES string of the molecule is Cc1nonc1CN(C)C(=O)c1ccc(CSc2ncn[nH]2)o1. The van der Waals surface area contributed by atoms with Crippen molar-refractivity contribution in [2.45, 2.75) is 24.4 Å². The number of aryl methyl sites for hydroxylation is 1. The predicted octanol–water partition coefficient (Wildman–Crippen LogP) is 1.65. The van der Waals surface area contributed by atoms with Crippen LogP contribution in [0.2, 0.25) is 0 Å². The summed E-state index contributed by atoms with van der Waals surface area (Å²) in [5, 5.41) is 14.7. The molecule has 23 heavy (non-hydrogen) atoms. The van der Waals surface area contributed by atoms with Crippen LogP contribution in [0.3, 0.4) is 0 Å². The van der Waals surface area contributed by atoms with Gasteiger partial charge in [0.2, 0.25) is 0 Å². The Morgan fingerprint density at radius 3 is 2.96 bits per heavy atom. The van der Waals surface area contributed by atoms with Crippen LogP contribution >= 0.6 is 11.8 Å². The number of hydrogen-bond donors (Lipinski definition) is 1. The average molecular weight is 334 g/mol. The minimum absolute atomic E-state index is 0.233. The Balaban J connectivity index is 1.60. The number of hydrogen-bond acceptors (Lipinski definition) is 8. The molecule has 0 atom stereocenters. The fraction of sp³-hybridized carbons (Fsp3) is 0.308. The highest BCUT2D eigenvalue weighted by Gasteiger charge is 2.18. The van der Waals surface area contributed by atoms with Crippen molar-refractivity contribution in [1.29, 1.82) is 0 Å². The van der Waals surface area contributed by atoms with Crippen molar-refractivity contribution in [3.8, 4) is 0 Å². The van der Waals surface area contributed by atoms with Gasteiger partial charge in [-0.25, -0.2) is 9.61 Å². The molecule has 3 aromatic heterocycles. The van der Waals surface area contributed by atoms with Crippen molar-refractivity contribution in [3.05, 3.63) is 41.4 Å². The van der Waals surface area contributed by atoms with Crippen LogP contribution in [0.25, 0.3) is 0 Å². The van der Waals surface area contributed by atoms with Crippen LogP contribution in [0.4, 0.5) is 0 Å². The van der Waals surface area contributed by atoms with E-state index in [-0.39, 0.29) is 11.7 Å². The van der Waals surface area contributed by atoms with Crippen LogP contribution in [0.15, 0.2) is 32.7 Å². The fourth-order valence-electron chi connectivity index (χ4n) is 1.85. The van der Waals surface area contributed by atoms with Crippen LogP contribution < -0.4 is 0 Å². The Hall–Kier alpha value is -2.62. The second kappa shape index (κ2) is 6.65. The number of carbonyl (C=O) groups excluding carboxylic acids is 1. The van der Waals surface area contributed by atoms with Crippen molar-refractivity contribution >= 4 is 17.7 Å². The van der Waals surface area contributed by atoms with E-state index >= 15 is 0 Å². The van der Waals surface area contributed by atoms with Crippen LogP contribution in [0, 0.1) is 6.92 Å². The summed E-state index contributed by atoms with van der Waals surface area (Å²) in [5.41, 5.74) is 1.28. The first kappa shape index (κ1) is 15.3. The van der Waals surface area contributed by atoms with Gasteiger partial charge in [0.25, 0.3) is 5.91 Å². The second-order valence-electron chi connectivity index (χ2n) is 4.80. The third kappa shape index (κ3) is 3.59. The zero-order valence-corrected chi connectivity index (χ0v) is 13.3. The van der Waals surface area contributed by atoms with Gasteiger partial charge in [0.1, 0.15) is 23.5 Å². The van der Waals surface area contributed by atoms with Gasteiger partial charge in [-0.15, -0.1) is 0 Å². The minimum Gasteiger partial charge on any atom is -0.455 e. The van der Waals surface area contributed by atoms with E-state index in [0.29, 0.717) is 34.6 Å². The van der Waals surface area contributed by atoms with Gasteiger partial charge in [-0.05, 0) is 19.1 Å². The van der Waals surface area contributed by atoms with Crippen molar-refractivity contribution in [2.24, 2.45) is 0 Å². The first-order valence-electron chi connectivity index (χ1n) is 6.74. The molecular formula is C13H14N6O3S. The highest BCUT2D eigenvalue weighted by atomic mass is 32.2. The predicted molar refractivity (Wildman–Crippen MR) is 79.5 cm³/mol. The standard InChI is InChI=1S/C13H14N6O3S/c1-8-10(18-22-17-8)5-19(2)12(20)11-4-3-9(21-11)6-23-13-14-7-15-16-13/h3-4,7H,5-6H2,1-2H3,(H,14,15,16). The van der Waals surface area contributed by atoms with Gasteiger partial charge in [-0.2, -0.15) is 5.10 Å². The molecule has 10 heteroatoms. The molecule has 0 radical (unpaired) electrons. The fourth-order valence-corrected chi connectivity index (χ4v) is 2.52. The summed E-state index contributed by atoms with van der Waals surface area (Å²) in [5.74, 6) is 1.28. The molecule has 0 unspecified atom stereocenters. The van der Waals surface area contributed by atoms with E-state index in [1.54, 1.807) is 26.1 Å². The summed E-state index contributed by atoms with van der Waals surface area (Å²) >= 11 is 1.44. The summed E-state index contributed by atoms with van der Waals surface area (Å²) in [6.45, 7) is 2.08. The molecule has 1 N–H and O–H groups in total. The molecule has 0 saturated heterocycles. The summed E-state index contributed by atoms with van der Waals surface area (Å²) in [4.78, 5) is 17.9. The maximum atomic E-state index is 12.3. The first-order chi connectivity index (χ1) is 11.1. The van der Waals surface area contributed by atoms with Crippen LogP contribution in [-0.2, 0) is 12.3 Å². The molecule has 0 spiro atoms. The van der Waals surface area contributed by atoms with Crippen molar-refractivity contribution < 1.29 is 13.8 Å². The molecule has 0 bridgehead atoms.